The highest BCUT2D eigenvalue weighted by Gasteiger charge is 2.37. The van der Waals surface area contributed by atoms with Crippen LogP contribution in [0.5, 0.6) is 0 Å². The molecule has 0 bridgehead atoms. The molecule has 3 rings (SSSR count). The summed E-state index contributed by atoms with van der Waals surface area (Å²) >= 11 is 6.93. The molecule has 0 unspecified atom stereocenters. The Bertz CT molecular complexity index is 995. The number of likely N-dealkylation sites (N-methyl/N-ethyl adjacent to an activating group) is 2. The van der Waals surface area contributed by atoms with Gasteiger partial charge in [0.25, 0.3) is 11.8 Å². The van der Waals surface area contributed by atoms with E-state index in [0.29, 0.717) is 24.9 Å². The average molecular weight is 455 g/mol. The maximum Gasteiger partial charge on any atom is 0.265 e. The third-order valence-electron chi connectivity index (χ3n) is 5.55. The lowest BCUT2D eigenvalue weighted by molar-refractivity contribution is -0.133. The van der Waals surface area contributed by atoms with E-state index in [1.807, 2.05) is 19.9 Å². The molecule has 31 heavy (non-hydrogen) atoms. The first kappa shape index (κ1) is 23.4. The van der Waals surface area contributed by atoms with Gasteiger partial charge in [-0.3, -0.25) is 19.4 Å². The largest absolute Gasteiger partial charge is 0.285 e. The van der Waals surface area contributed by atoms with Gasteiger partial charge in [0, 0.05) is 22.8 Å². The third-order valence-corrected chi connectivity index (χ3v) is 7.08. The zero-order chi connectivity index (χ0) is 22.9. The Morgan fingerprint density at radius 2 is 1.42 bits per heavy atom. The number of benzene rings is 1. The average Bonchev–Trinajstić information content (AvgIpc) is 3.20. The zero-order valence-electron chi connectivity index (χ0n) is 19.1. The van der Waals surface area contributed by atoms with E-state index in [2.05, 4.69) is 52.0 Å². The second kappa shape index (κ2) is 9.45. The summed E-state index contributed by atoms with van der Waals surface area (Å²) in [5, 5.41) is 0.288. The van der Waals surface area contributed by atoms with Crippen molar-refractivity contribution in [3.8, 4) is 10.4 Å². The monoisotopic (exact) mass is 454 g/mol. The minimum absolute atomic E-state index is 0.171. The van der Waals surface area contributed by atoms with Crippen molar-refractivity contribution >= 4 is 46.6 Å². The fourth-order valence-corrected chi connectivity index (χ4v) is 4.96. The first-order valence-corrected chi connectivity index (χ1v) is 12.0. The minimum atomic E-state index is -0.318. The fraction of sp³-hybridized carbons (Fsp3) is 0.400. The zero-order valence-corrected chi connectivity index (χ0v) is 20.7. The Labute approximate surface area is 194 Å². The lowest BCUT2D eigenvalue weighted by Crippen LogP contribution is -2.55. The summed E-state index contributed by atoms with van der Waals surface area (Å²) in [7, 11) is 0. The number of carbonyl (C=O) groups excluding carboxylic acids is 2. The molecule has 2 aromatic rings. The van der Waals surface area contributed by atoms with Gasteiger partial charge in [0.2, 0.25) is 0 Å². The molecule has 0 spiro atoms. The number of amides is 2. The number of carbonyl (C=O) groups is 2. The standard InChI is InChI=1S/C25H30N2O2S2/c1-7-26-23(28)21(24(29)27(8-2)25(26)30)14-20-9-10-22(31-20)19-12-17(15(3)4)11-18(13-19)16(5)6/h9-16H,7-8H2,1-6H3. The molecule has 1 saturated heterocycles. The summed E-state index contributed by atoms with van der Waals surface area (Å²) in [6.07, 6.45) is 1.71. The molecule has 6 heteroatoms. The van der Waals surface area contributed by atoms with Gasteiger partial charge in [-0.25, -0.2) is 0 Å². The van der Waals surface area contributed by atoms with Gasteiger partial charge in [-0.1, -0.05) is 45.9 Å². The molecule has 0 saturated carbocycles. The van der Waals surface area contributed by atoms with Gasteiger partial charge in [0.1, 0.15) is 5.57 Å². The van der Waals surface area contributed by atoms with E-state index in [1.54, 1.807) is 17.4 Å². The summed E-state index contributed by atoms with van der Waals surface area (Å²) in [5.74, 6) is 0.253. The smallest absolute Gasteiger partial charge is 0.265 e. The Morgan fingerprint density at radius 3 is 1.87 bits per heavy atom. The van der Waals surface area contributed by atoms with E-state index in [0.717, 1.165) is 9.75 Å². The van der Waals surface area contributed by atoms with Crippen LogP contribution in [0.1, 0.15) is 69.4 Å². The number of hydrogen-bond acceptors (Lipinski definition) is 4. The number of thiocarbonyl (C=S) groups is 1. The van der Waals surface area contributed by atoms with Gasteiger partial charge in [0.05, 0.1) is 0 Å². The molecule has 0 N–H and O–H groups in total. The van der Waals surface area contributed by atoms with Gasteiger partial charge >= 0.3 is 0 Å². The van der Waals surface area contributed by atoms with Crippen LogP contribution in [-0.2, 0) is 9.59 Å². The first-order chi connectivity index (χ1) is 14.7. The molecule has 4 nitrogen and oxygen atoms in total. The highest BCUT2D eigenvalue weighted by molar-refractivity contribution is 7.80. The van der Waals surface area contributed by atoms with E-state index in [-0.39, 0.29) is 22.5 Å². The van der Waals surface area contributed by atoms with Gasteiger partial charge in [-0.2, -0.15) is 0 Å². The molecule has 2 amide bonds. The fourth-order valence-electron chi connectivity index (χ4n) is 3.60. The summed E-state index contributed by atoms with van der Waals surface area (Å²) in [4.78, 5) is 30.8. The molecule has 1 aromatic carbocycles. The molecule has 1 fully saturated rings. The second-order valence-electron chi connectivity index (χ2n) is 8.34. The molecular formula is C25H30N2O2S2. The van der Waals surface area contributed by atoms with Crippen molar-refractivity contribution in [3.05, 3.63) is 51.9 Å². The molecule has 1 aliphatic rings. The molecule has 164 valence electrons. The number of thiophene rings is 1. The Balaban J connectivity index is 2.01. The minimum Gasteiger partial charge on any atom is -0.285 e. The van der Waals surface area contributed by atoms with Crippen LogP contribution in [0.25, 0.3) is 16.5 Å². The number of hydrogen-bond donors (Lipinski definition) is 0. The molecule has 0 aliphatic carbocycles. The van der Waals surface area contributed by atoms with E-state index in [9.17, 15) is 9.59 Å². The van der Waals surface area contributed by atoms with Crippen LogP contribution >= 0.6 is 23.6 Å². The summed E-state index contributed by atoms with van der Waals surface area (Å²) in [6.45, 7) is 13.4. The van der Waals surface area contributed by atoms with Crippen LogP contribution < -0.4 is 0 Å². The highest BCUT2D eigenvalue weighted by Crippen LogP contribution is 2.34. The SMILES string of the molecule is CCN1C(=O)C(=Cc2ccc(-c3cc(C(C)C)cc(C(C)C)c3)s2)C(=O)N(CC)C1=S. The van der Waals surface area contributed by atoms with Crippen molar-refractivity contribution in [2.24, 2.45) is 0 Å². The molecule has 1 aromatic heterocycles. The Kier molecular flexibility index (Phi) is 7.12. The van der Waals surface area contributed by atoms with Crippen molar-refractivity contribution in [1.82, 2.24) is 9.80 Å². The summed E-state index contributed by atoms with van der Waals surface area (Å²) in [5.41, 5.74) is 3.98. The van der Waals surface area contributed by atoms with Gasteiger partial charge < -0.3 is 0 Å². The predicted molar refractivity (Wildman–Crippen MR) is 133 cm³/mol. The summed E-state index contributed by atoms with van der Waals surface area (Å²) < 4.78 is 0. The van der Waals surface area contributed by atoms with Crippen molar-refractivity contribution in [2.45, 2.75) is 53.4 Å². The van der Waals surface area contributed by atoms with Crippen molar-refractivity contribution in [3.63, 3.8) is 0 Å². The van der Waals surface area contributed by atoms with E-state index in [4.69, 9.17) is 12.2 Å². The lowest BCUT2D eigenvalue weighted by atomic mass is 9.93. The topological polar surface area (TPSA) is 40.6 Å². The van der Waals surface area contributed by atoms with E-state index >= 15 is 0 Å². The van der Waals surface area contributed by atoms with E-state index in [1.165, 1.54) is 26.5 Å². The van der Waals surface area contributed by atoms with Crippen LogP contribution in [-0.4, -0.2) is 39.8 Å². The van der Waals surface area contributed by atoms with Crippen molar-refractivity contribution in [1.29, 1.82) is 0 Å². The van der Waals surface area contributed by atoms with Crippen molar-refractivity contribution < 1.29 is 9.59 Å². The normalized spacial score (nSPS) is 15.0. The lowest BCUT2D eigenvalue weighted by Gasteiger charge is -2.35. The molecule has 0 atom stereocenters. The molecule has 0 radical (unpaired) electrons. The molecular weight excluding hydrogens is 424 g/mol. The molecule has 1 aliphatic heterocycles. The van der Waals surface area contributed by atoms with Crippen LogP contribution in [0.3, 0.4) is 0 Å². The Hall–Kier alpha value is -2.31. The van der Waals surface area contributed by atoms with Crippen LogP contribution in [0.2, 0.25) is 0 Å². The van der Waals surface area contributed by atoms with Crippen LogP contribution in [0.15, 0.2) is 35.9 Å². The quantitative estimate of drug-likeness (QED) is 0.303. The second-order valence-corrected chi connectivity index (χ2v) is 9.82. The van der Waals surface area contributed by atoms with Gasteiger partial charge in [0.15, 0.2) is 5.11 Å². The van der Waals surface area contributed by atoms with Crippen LogP contribution in [0, 0.1) is 0 Å². The van der Waals surface area contributed by atoms with Crippen molar-refractivity contribution in [2.75, 3.05) is 13.1 Å². The maximum atomic E-state index is 12.9. The van der Waals surface area contributed by atoms with Crippen LogP contribution in [0.4, 0.5) is 0 Å². The third kappa shape index (κ3) is 4.65. The predicted octanol–water partition coefficient (Wildman–Crippen LogP) is 6.04. The Morgan fingerprint density at radius 1 is 0.903 bits per heavy atom. The number of nitrogens with zero attached hydrogens (tertiary/aromatic N) is 2. The van der Waals surface area contributed by atoms with Gasteiger partial charge in [-0.05, 0) is 72.8 Å². The maximum absolute atomic E-state index is 12.9. The van der Waals surface area contributed by atoms with E-state index < -0.39 is 0 Å². The highest BCUT2D eigenvalue weighted by atomic mass is 32.1. The van der Waals surface area contributed by atoms with Gasteiger partial charge in [-0.15, -0.1) is 11.3 Å². The first-order valence-electron chi connectivity index (χ1n) is 10.8. The molecule has 2 heterocycles. The number of rotatable bonds is 6. The summed E-state index contributed by atoms with van der Waals surface area (Å²) in [6, 6.07) is 10.8.